The summed E-state index contributed by atoms with van der Waals surface area (Å²) in [5, 5.41) is 0. The molecule has 13 heavy (non-hydrogen) atoms. The van der Waals surface area contributed by atoms with Gasteiger partial charge in [0, 0.05) is 12.7 Å². The van der Waals surface area contributed by atoms with Crippen molar-refractivity contribution < 1.29 is 13.3 Å². The molecule has 1 rings (SSSR count). The largest absolute Gasteiger partial charge is 0.323 e. The van der Waals surface area contributed by atoms with Gasteiger partial charge in [-0.05, 0) is 12.5 Å². The first kappa shape index (κ1) is 10.5. The van der Waals surface area contributed by atoms with Crippen LogP contribution in [0.5, 0.6) is 0 Å². The summed E-state index contributed by atoms with van der Waals surface area (Å²) in [6.07, 6.45) is 4.82. The van der Waals surface area contributed by atoms with Crippen molar-refractivity contribution in [2.24, 2.45) is 0 Å². The summed E-state index contributed by atoms with van der Waals surface area (Å²) in [7, 11) is -3.46. The average Bonchev–Trinajstić information content (AvgIpc) is 2.56. The SMILES string of the molecule is CCCCNS(=O)(=O)N1C=CCO1. The molecule has 0 fully saturated rings. The first-order chi connectivity index (χ1) is 6.17. The smallest absolute Gasteiger partial charge is 0.254 e. The summed E-state index contributed by atoms with van der Waals surface area (Å²) < 4.78 is 26.0. The predicted molar refractivity (Wildman–Crippen MR) is 48.8 cm³/mol. The molecule has 0 atom stereocenters. The molecule has 1 heterocycles. The molecule has 0 bridgehead atoms. The molecule has 0 unspecified atom stereocenters. The number of hydrogen-bond donors (Lipinski definition) is 1. The van der Waals surface area contributed by atoms with Crippen LogP contribution in [0.4, 0.5) is 0 Å². The molecule has 0 radical (unpaired) electrons. The third-order valence-electron chi connectivity index (χ3n) is 1.58. The Labute approximate surface area is 78.5 Å². The summed E-state index contributed by atoms with van der Waals surface area (Å²) in [6.45, 7) is 2.77. The zero-order chi connectivity index (χ0) is 9.73. The molecule has 1 N–H and O–H groups in total. The van der Waals surface area contributed by atoms with Gasteiger partial charge in [0.2, 0.25) is 0 Å². The van der Waals surface area contributed by atoms with Crippen molar-refractivity contribution >= 4 is 10.2 Å². The van der Waals surface area contributed by atoms with Crippen LogP contribution in [0.15, 0.2) is 12.3 Å². The minimum atomic E-state index is -3.46. The molecule has 6 heteroatoms. The van der Waals surface area contributed by atoms with Crippen molar-refractivity contribution in [1.82, 2.24) is 9.19 Å². The molecule has 0 aromatic rings. The van der Waals surface area contributed by atoms with Crippen molar-refractivity contribution in [1.29, 1.82) is 0 Å². The van der Waals surface area contributed by atoms with E-state index in [1.165, 1.54) is 6.20 Å². The van der Waals surface area contributed by atoms with Gasteiger partial charge >= 0.3 is 10.2 Å². The zero-order valence-electron chi connectivity index (χ0n) is 7.56. The fourth-order valence-corrected chi connectivity index (χ4v) is 1.86. The zero-order valence-corrected chi connectivity index (χ0v) is 8.38. The molecule has 0 saturated carbocycles. The molecule has 0 saturated heterocycles. The van der Waals surface area contributed by atoms with Gasteiger partial charge in [-0.3, -0.25) is 4.84 Å². The van der Waals surface area contributed by atoms with Crippen molar-refractivity contribution in [3.8, 4) is 0 Å². The minimum Gasteiger partial charge on any atom is -0.254 e. The van der Waals surface area contributed by atoms with Crippen LogP contribution in [0.2, 0.25) is 0 Å². The Morgan fingerprint density at radius 1 is 1.62 bits per heavy atom. The fraction of sp³-hybridized carbons (Fsp3) is 0.714. The Morgan fingerprint density at radius 2 is 2.38 bits per heavy atom. The molecule has 0 amide bonds. The third-order valence-corrected chi connectivity index (χ3v) is 2.85. The topological polar surface area (TPSA) is 58.6 Å². The van der Waals surface area contributed by atoms with E-state index in [1.807, 2.05) is 6.92 Å². The lowest BCUT2D eigenvalue weighted by atomic mass is 10.3. The molecule has 5 nitrogen and oxygen atoms in total. The van der Waals surface area contributed by atoms with Gasteiger partial charge in [-0.1, -0.05) is 13.3 Å². The highest BCUT2D eigenvalue weighted by Crippen LogP contribution is 2.06. The highest BCUT2D eigenvalue weighted by Gasteiger charge is 2.20. The molecule has 0 aromatic heterocycles. The minimum absolute atomic E-state index is 0.314. The van der Waals surface area contributed by atoms with Crippen LogP contribution in [0.25, 0.3) is 0 Å². The van der Waals surface area contributed by atoms with Gasteiger partial charge in [0.05, 0.1) is 6.61 Å². The molecule has 76 valence electrons. The van der Waals surface area contributed by atoms with Crippen molar-refractivity contribution in [3.63, 3.8) is 0 Å². The van der Waals surface area contributed by atoms with E-state index in [1.54, 1.807) is 6.08 Å². The summed E-state index contributed by atoms with van der Waals surface area (Å²) >= 11 is 0. The van der Waals surface area contributed by atoms with Crippen LogP contribution < -0.4 is 4.72 Å². The Kier molecular flexibility index (Phi) is 3.71. The van der Waals surface area contributed by atoms with Gasteiger partial charge in [0.15, 0.2) is 0 Å². The van der Waals surface area contributed by atoms with Crippen LogP contribution >= 0.6 is 0 Å². The number of rotatable bonds is 5. The number of unbranched alkanes of at least 4 members (excludes halogenated alkanes) is 1. The van der Waals surface area contributed by atoms with Crippen molar-refractivity contribution in [3.05, 3.63) is 12.3 Å². The number of hydroxylamine groups is 1. The Bertz CT molecular complexity index is 273. The second kappa shape index (κ2) is 4.59. The van der Waals surface area contributed by atoms with Gasteiger partial charge in [-0.25, -0.2) is 0 Å². The number of nitrogens with one attached hydrogen (secondary N) is 1. The van der Waals surface area contributed by atoms with Crippen molar-refractivity contribution in [2.75, 3.05) is 13.2 Å². The second-order valence-corrected chi connectivity index (χ2v) is 4.29. The average molecular weight is 206 g/mol. The summed E-state index contributed by atoms with van der Waals surface area (Å²) in [6, 6.07) is 0. The van der Waals surface area contributed by atoms with Crippen LogP contribution in [0.1, 0.15) is 19.8 Å². The van der Waals surface area contributed by atoms with E-state index >= 15 is 0 Å². The maximum Gasteiger partial charge on any atom is 0.323 e. The van der Waals surface area contributed by atoms with Gasteiger partial charge in [-0.2, -0.15) is 13.1 Å². The van der Waals surface area contributed by atoms with E-state index in [2.05, 4.69) is 4.72 Å². The van der Waals surface area contributed by atoms with E-state index in [-0.39, 0.29) is 0 Å². The maximum atomic E-state index is 11.3. The monoisotopic (exact) mass is 206 g/mol. The van der Waals surface area contributed by atoms with Crippen LogP contribution in [-0.2, 0) is 15.0 Å². The lowest BCUT2D eigenvalue weighted by Gasteiger charge is -2.14. The van der Waals surface area contributed by atoms with Gasteiger partial charge in [0.1, 0.15) is 0 Å². The fourth-order valence-electron chi connectivity index (χ4n) is 0.880. The third kappa shape index (κ3) is 2.98. The molecule has 0 aromatic carbocycles. The molecule has 1 aliphatic rings. The van der Waals surface area contributed by atoms with Gasteiger partial charge in [-0.15, -0.1) is 4.47 Å². The molecular formula is C7H14N2O3S. The molecule has 0 aliphatic carbocycles. The van der Waals surface area contributed by atoms with E-state index in [4.69, 9.17) is 4.84 Å². The summed E-state index contributed by atoms with van der Waals surface area (Å²) in [5.41, 5.74) is 0. The quantitative estimate of drug-likeness (QED) is 0.662. The number of nitrogens with zero attached hydrogens (tertiary/aromatic N) is 1. The predicted octanol–water partition coefficient (Wildman–Crippen LogP) is 0.382. The van der Waals surface area contributed by atoms with E-state index < -0.39 is 10.2 Å². The normalized spacial score (nSPS) is 16.8. The van der Waals surface area contributed by atoms with Crippen LogP contribution in [0.3, 0.4) is 0 Å². The Morgan fingerprint density at radius 3 is 2.92 bits per heavy atom. The van der Waals surface area contributed by atoms with E-state index in [9.17, 15) is 8.42 Å². The first-order valence-corrected chi connectivity index (χ1v) is 5.69. The Balaban J connectivity index is 2.41. The van der Waals surface area contributed by atoms with Crippen LogP contribution in [0, 0.1) is 0 Å². The first-order valence-electron chi connectivity index (χ1n) is 4.25. The highest BCUT2D eigenvalue weighted by molar-refractivity contribution is 7.87. The summed E-state index contributed by atoms with van der Waals surface area (Å²) in [5.74, 6) is 0. The van der Waals surface area contributed by atoms with Gasteiger partial charge < -0.3 is 0 Å². The molecule has 0 spiro atoms. The summed E-state index contributed by atoms with van der Waals surface area (Å²) in [4.78, 5) is 4.82. The standard InChI is InChI=1S/C7H14N2O3S/c1-2-3-5-8-13(10,11)9-6-4-7-12-9/h4,6,8H,2-3,5,7H2,1H3. The molecule has 1 aliphatic heterocycles. The lowest BCUT2D eigenvalue weighted by molar-refractivity contribution is -0.0123. The van der Waals surface area contributed by atoms with Crippen LogP contribution in [-0.4, -0.2) is 26.0 Å². The second-order valence-electron chi connectivity index (χ2n) is 2.69. The Hall–Kier alpha value is -0.590. The van der Waals surface area contributed by atoms with E-state index in [0.717, 1.165) is 17.3 Å². The van der Waals surface area contributed by atoms with E-state index in [0.29, 0.717) is 13.2 Å². The lowest BCUT2D eigenvalue weighted by Crippen LogP contribution is -2.36. The van der Waals surface area contributed by atoms with Crippen molar-refractivity contribution in [2.45, 2.75) is 19.8 Å². The highest BCUT2D eigenvalue weighted by atomic mass is 32.2. The maximum absolute atomic E-state index is 11.3. The molecular weight excluding hydrogens is 192 g/mol. The van der Waals surface area contributed by atoms with Gasteiger partial charge in [0.25, 0.3) is 0 Å². The number of hydrogen-bond acceptors (Lipinski definition) is 3.